The van der Waals surface area contributed by atoms with Crippen LogP contribution in [0.2, 0.25) is 0 Å². The van der Waals surface area contributed by atoms with E-state index >= 15 is 0 Å². The van der Waals surface area contributed by atoms with Gasteiger partial charge in [0.15, 0.2) is 0 Å². The molecule has 0 bridgehead atoms. The molecular weight excluding hydrogens is 262 g/mol. The third-order valence-corrected chi connectivity index (χ3v) is 4.09. The monoisotopic (exact) mass is 289 g/mol. The van der Waals surface area contributed by atoms with Gasteiger partial charge in [0.1, 0.15) is 0 Å². The number of rotatable bonds is 7. The lowest BCUT2D eigenvalue weighted by molar-refractivity contribution is -0.120. The quantitative estimate of drug-likeness (QED) is 0.809. The minimum atomic E-state index is 0.142. The molecule has 1 aliphatic heterocycles. The number of carbonyl (C=O) groups excluding carboxylic acids is 1. The van der Waals surface area contributed by atoms with Crippen LogP contribution in [-0.4, -0.2) is 32.1 Å². The molecule has 4 heteroatoms. The maximum atomic E-state index is 11.6. The van der Waals surface area contributed by atoms with E-state index in [1.807, 2.05) is 6.92 Å². The summed E-state index contributed by atoms with van der Waals surface area (Å²) >= 11 is 0. The molecule has 1 aromatic carbocycles. The summed E-state index contributed by atoms with van der Waals surface area (Å²) in [6, 6.07) is 7.12. The Balaban J connectivity index is 1.99. The van der Waals surface area contributed by atoms with Crippen molar-refractivity contribution >= 4 is 11.6 Å². The van der Waals surface area contributed by atoms with E-state index in [0.717, 1.165) is 26.1 Å². The molecular formula is C17H27N3O. The van der Waals surface area contributed by atoms with Crippen molar-refractivity contribution in [1.82, 2.24) is 10.6 Å². The summed E-state index contributed by atoms with van der Waals surface area (Å²) in [5, 5.41) is 6.31. The lowest BCUT2D eigenvalue weighted by atomic mass is 10.0. The van der Waals surface area contributed by atoms with Crippen molar-refractivity contribution in [2.45, 2.75) is 39.7 Å². The summed E-state index contributed by atoms with van der Waals surface area (Å²) in [6.07, 6.45) is 1.65. The third-order valence-electron chi connectivity index (χ3n) is 4.09. The fourth-order valence-electron chi connectivity index (χ4n) is 2.94. The Hall–Kier alpha value is -1.55. The average molecular weight is 289 g/mol. The first-order valence-electron chi connectivity index (χ1n) is 8.03. The van der Waals surface area contributed by atoms with E-state index in [-0.39, 0.29) is 5.91 Å². The summed E-state index contributed by atoms with van der Waals surface area (Å²) < 4.78 is 0. The standard InChI is InChI=1S/C17H27N3O/c1-4-18-13(3)14-6-7-16-15(12-14)8-10-20(16)11-9-17(21)19-5-2/h6-7,12-13,18H,4-5,8-11H2,1-3H3,(H,19,21). The van der Waals surface area contributed by atoms with Crippen molar-refractivity contribution in [3.63, 3.8) is 0 Å². The molecule has 1 aliphatic rings. The number of amides is 1. The first kappa shape index (κ1) is 15.8. The molecule has 1 aromatic rings. The predicted octanol–water partition coefficient (Wildman–Crippen LogP) is 2.25. The zero-order valence-corrected chi connectivity index (χ0v) is 13.4. The Morgan fingerprint density at radius 3 is 2.86 bits per heavy atom. The van der Waals surface area contributed by atoms with Crippen molar-refractivity contribution < 1.29 is 4.79 Å². The molecule has 0 radical (unpaired) electrons. The second-order valence-electron chi connectivity index (χ2n) is 5.61. The van der Waals surface area contributed by atoms with Crippen LogP contribution in [0.15, 0.2) is 18.2 Å². The molecule has 21 heavy (non-hydrogen) atoms. The molecule has 1 amide bonds. The maximum absolute atomic E-state index is 11.6. The molecule has 1 heterocycles. The summed E-state index contributed by atoms with van der Waals surface area (Å²) in [4.78, 5) is 13.9. The number of hydrogen-bond acceptors (Lipinski definition) is 3. The maximum Gasteiger partial charge on any atom is 0.221 e. The van der Waals surface area contributed by atoms with E-state index in [4.69, 9.17) is 0 Å². The SMILES string of the molecule is CCNC(=O)CCN1CCc2cc(C(C)NCC)ccc21. The van der Waals surface area contributed by atoms with Crippen molar-refractivity contribution in [2.24, 2.45) is 0 Å². The van der Waals surface area contributed by atoms with Crippen LogP contribution in [0.3, 0.4) is 0 Å². The highest BCUT2D eigenvalue weighted by Gasteiger charge is 2.20. The van der Waals surface area contributed by atoms with Crippen molar-refractivity contribution in [3.05, 3.63) is 29.3 Å². The van der Waals surface area contributed by atoms with Crippen LogP contribution in [-0.2, 0) is 11.2 Å². The van der Waals surface area contributed by atoms with E-state index < -0.39 is 0 Å². The number of carbonyl (C=O) groups is 1. The molecule has 2 rings (SSSR count). The molecule has 1 unspecified atom stereocenters. The van der Waals surface area contributed by atoms with Crippen LogP contribution in [0.4, 0.5) is 5.69 Å². The topological polar surface area (TPSA) is 44.4 Å². The first-order valence-corrected chi connectivity index (χ1v) is 8.03. The van der Waals surface area contributed by atoms with Crippen LogP contribution in [0, 0.1) is 0 Å². The number of hydrogen-bond donors (Lipinski definition) is 2. The lowest BCUT2D eigenvalue weighted by Gasteiger charge is -2.20. The number of nitrogens with one attached hydrogen (secondary N) is 2. The molecule has 0 saturated carbocycles. The minimum Gasteiger partial charge on any atom is -0.370 e. The summed E-state index contributed by atoms with van der Waals surface area (Å²) in [5.41, 5.74) is 4.06. The van der Waals surface area contributed by atoms with Gasteiger partial charge in [0.05, 0.1) is 0 Å². The largest absolute Gasteiger partial charge is 0.370 e. The van der Waals surface area contributed by atoms with Crippen LogP contribution < -0.4 is 15.5 Å². The van der Waals surface area contributed by atoms with E-state index in [1.54, 1.807) is 0 Å². The zero-order chi connectivity index (χ0) is 15.2. The van der Waals surface area contributed by atoms with Gasteiger partial charge in [-0.3, -0.25) is 4.79 Å². The van der Waals surface area contributed by atoms with Crippen LogP contribution >= 0.6 is 0 Å². The predicted molar refractivity (Wildman–Crippen MR) is 87.8 cm³/mol. The highest BCUT2D eigenvalue weighted by Crippen LogP contribution is 2.30. The highest BCUT2D eigenvalue weighted by atomic mass is 16.1. The van der Waals surface area contributed by atoms with Crippen molar-refractivity contribution in [2.75, 3.05) is 31.1 Å². The van der Waals surface area contributed by atoms with Crippen LogP contribution in [0.25, 0.3) is 0 Å². The molecule has 0 saturated heterocycles. The van der Waals surface area contributed by atoms with Gasteiger partial charge in [-0.2, -0.15) is 0 Å². The van der Waals surface area contributed by atoms with Crippen LogP contribution in [0.1, 0.15) is 44.4 Å². The molecule has 2 N–H and O–H groups in total. The Morgan fingerprint density at radius 1 is 1.33 bits per heavy atom. The Morgan fingerprint density at radius 2 is 2.14 bits per heavy atom. The fraction of sp³-hybridized carbons (Fsp3) is 0.588. The Kier molecular flexibility index (Phi) is 5.62. The normalized spacial score (nSPS) is 14.9. The summed E-state index contributed by atoms with van der Waals surface area (Å²) in [5.74, 6) is 0.142. The second-order valence-corrected chi connectivity index (χ2v) is 5.61. The van der Waals surface area contributed by atoms with E-state index in [1.165, 1.54) is 16.8 Å². The molecule has 0 aromatic heterocycles. The Labute approximate surface area is 127 Å². The zero-order valence-electron chi connectivity index (χ0n) is 13.4. The van der Waals surface area contributed by atoms with Gasteiger partial charge in [-0.05, 0) is 44.0 Å². The number of anilines is 1. The molecule has 4 nitrogen and oxygen atoms in total. The van der Waals surface area contributed by atoms with Gasteiger partial charge in [-0.15, -0.1) is 0 Å². The van der Waals surface area contributed by atoms with Crippen LogP contribution in [0.5, 0.6) is 0 Å². The van der Waals surface area contributed by atoms with Crippen molar-refractivity contribution in [3.8, 4) is 0 Å². The number of benzene rings is 1. The van der Waals surface area contributed by atoms with E-state index in [0.29, 0.717) is 19.0 Å². The Bertz CT molecular complexity index is 487. The smallest absolute Gasteiger partial charge is 0.221 e. The van der Waals surface area contributed by atoms with Gasteiger partial charge in [-0.25, -0.2) is 0 Å². The molecule has 0 spiro atoms. The van der Waals surface area contributed by atoms with Crippen molar-refractivity contribution in [1.29, 1.82) is 0 Å². The van der Waals surface area contributed by atoms with E-state index in [9.17, 15) is 4.79 Å². The molecule has 116 valence electrons. The number of fused-ring (bicyclic) bond motifs is 1. The van der Waals surface area contributed by atoms with Gasteiger partial charge >= 0.3 is 0 Å². The molecule has 0 fully saturated rings. The minimum absolute atomic E-state index is 0.142. The second kappa shape index (κ2) is 7.46. The van der Waals surface area contributed by atoms with Gasteiger partial charge in [-0.1, -0.05) is 19.1 Å². The lowest BCUT2D eigenvalue weighted by Crippen LogP contribution is -2.29. The molecule has 0 aliphatic carbocycles. The van der Waals surface area contributed by atoms with Gasteiger partial charge in [0.2, 0.25) is 5.91 Å². The average Bonchev–Trinajstić information content (AvgIpc) is 2.88. The summed E-state index contributed by atoms with van der Waals surface area (Å²) in [6.45, 7) is 9.81. The fourth-order valence-corrected chi connectivity index (χ4v) is 2.94. The molecule has 1 atom stereocenters. The van der Waals surface area contributed by atoms with Gasteiger partial charge in [0, 0.05) is 37.8 Å². The first-order chi connectivity index (χ1) is 10.2. The highest BCUT2D eigenvalue weighted by molar-refractivity contribution is 5.76. The third kappa shape index (κ3) is 3.97. The van der Waals surface area contributed by atoms with E-state index in [2.05, 4.69) is 47.6 Å². The van der Waals surface area contributed by atoms with Gasteiger partial charge < -0.3 is 15.5 Å². The van der Waals surface area contributed by atoms with Gasteiger partial charge in [0.25, 0.3) is 0 Å². The summed E-state index contributed by atoms with van der Waals surface area (Å²) in [7, 11) is 0. The number of nitrogens with zero attached hydrogens (tertiary/aromatic N) is 1.